The van der Waals surface area contributed by atoms with Crippen LogP contribution in [-0.4, -0.2) is 56.8 Å². The van der Waals surface area contributed by atoms with Crippen LogP contribution in [0.1, 0.15) is 30.5 Å². The maximum Gasteiger partial charge on any atom is 0.191 e. The molecule has 1 saturated heterocycles. The molecule has 3 atom stereocenters. The Morgan fingerprint density at radius 2 is 2.12 bits per heavy atom. The summed E-state index contributed by atoms with van der Waals surface area (Å²) in [6.45, 7) is 8.86. The summed E-state index contributed by atoms with van der Waals surface area (Å²) in [6, 6.07) is 9.75. The molecule has 24 heavy (non-hydrogen) atoms. The fourth-order valence-corrected chi connectivity index (χ4v) is 3.31. The minimum absolute atomic E-state index is 0.337. The van der Waals surface area contributed by atoms with E-state index in [0.717, 1.165) is 44.7 Å². The number of ether oxygens (including phenoxy) is 1. The van der Waals surface area contributed by atoms with Gasteiger partial charge in [-0.2, -0.15) is 0 Å². The van der Waals surface area contributed by atoms with E-state index in [1.807, 2.05) is 7.05 Å². The highest BCUT2D eigenvalue weighted by atomic mass is 16.5. The molecule has 2 N–H and O–H groups in total. The fraction of sp³-hybridized carbons (Fsp3) is 0.632. The molecule has 0 aromatic heterocycles. The van der Waals surface area contributed by atoms with Crippen LogP contribution in [0.3, 0.4) is 0 Å². The van der Waals surface area contributed by atoms with Gasteiger partial charge in [0.2, 0.25) is 0 Å². The van der Waals surface area contributed by atoms with E-state index in [9.17, 15) is 0 Å². The summed E-state index contributed by atoms with van der Waals surface area (Å²) in [5, 5.41) is 7.04. The second-order valence-electron chi connectivity index (χ2n) is 7.00. The Bertz CT molecular complexity index is 568. The van der Waals surface area contributed by atoms with Crippen LogP contribution in [0.25, 0.3) is 0 Å². The highest BCUT2D eigenvalue weighted by Crippen LogP contribution is 2.28. The monoisotopic (exact) mass is 330 g/mol. The van der Waals surface area contributed by atoms with Gasteiger partial charge in [-0.1, -0.05) is 36.8 Å². The third kappa shape index (κ3) is 4.48. The molecule has 5 heteroatoms. The van der Waals surface area contributed by atoms with Crippen LogP contribution < -0.4 is 10.6 Å². The number of hydrogen-bond donors (Lipinski definition) is 2. The van der Waals surface area contributed by atoms with Gasteiger partial charge in [0.1, 0.15) is 0 Å². The molecule has 1 aromatic carbocycles. The minimum atomic E-state index is 0.337. The first-order chi connectivity index (χ1) is 11.7. The maximum atomic E-state index is 5.53. The molecule has 5 nitrogen and oxygen atoms in total. The first-order valence-corrected chi connectivity index (χ1v) is 9.03. The Balaban J connectivity index is 1.67. The molecule has 0 bridgehead atoms. The normalized spacial score (nSPS) is 26.0. The Hall–Kier alpha value is -1.59. The van der Waals surface area contributed by atoms with Crippen LogP contribution in [0.15, 0.2) is 29.3 Å². The van der Waals surface area contributed by atoms with E-state index < -0.39 is 0 Å². The Labute approximate surface area is 145 Å². The van der Waals surface area contributed by atoms with Crippen LogP contribution >= 0.6 is 0 Å². The summed E-state index contributed by atoms with van der Waals surface area (Å²) in [6.07, 6.45) is 1.24. The predicted molar refractivity (Wildman–Crippen MR) is 98.4 cm³/mol. The third-order valence-corrected chi connectivity index (χ3v) is 5.03. The molecule has 1 saturated carbocycles. The lowest BCUT2D eigenvalue weighted by Crippen LogP contribution is -2.46. The van der Waals surface area contributed by atoms with Crippen molar-refractivity contribution >= 4 is 5.96 Å². The van der Waals surface area contributed by atoms with Gasteiger partial charge in [0.15, 0.2) is 5.96 Å². The maximum absolute atomic E-state index is 5.53. The second-order valence-corrected chi connectivity index (χ2v) is 7.00. The number of nitrogens with zero attached hydrogens (tertiary/aromatic N) is 2. The molecular formula is C19H30N4O. The number of benzene rings is 1. The molecule has 3 rings (SSSR count). The largest absolute Gasteiger partial charge is 0.379 e. The highest BCUT2D eigenvalue weighted by molar-refractivity contribution is 5.80. The average molecular weight is 330 g/mol. The highest BCUT2D eigenvalue weighted by Gasteiger charge is 2.33. The first kappa shape index (κ1) is 17.2. The Morgan fingerprint density at radius 3 is 2.75 bits per heavy atom. The molecule has 1 aromatic rings. The predicted octanol–water partition coefficient (Wildman–Crippen LogP) is 1.94. The van der Waals surface area contributed by atoms with E-state index in [4.69, 9.17) is 4.74 Å². The lowest BCUT2D eigenvalue weighted by atomic mass is 10.0. The van der Waals surface area contributed by atoms with Gasteiger partial charge in [-0.3, -0.25) is 9.89 Å². The van der Waals surface area contributed by atoms with E-state index in [-0.39, 0.29) is 0 Å². The molecule has 0 spiro atoms. The van der Waals surface area contributed by atoms with Gasteiger partial charge in [-0.15, -0.1) is 0 Å². The molecule has 2 fully saturated rings. The van der Waals surface area contributed by atoms with Crippen molar-refractivity contribution in [2.24, 2.45) is 10.9 Å². The number of nitrogens with one attached hydrogen (secondary N) is 2. The number of hydrogen-bond acceptors (Lipinski definition) is 3. The first-order valence-electron chi connectivity index (χ1n) is 9.03. The van der Waals surface area contributed by atoms with Crippen molar-refractivity contribution in [3.8, 4) is 0 Å². The van der Waals surface area contributed by atoms with Crippen LogP contribution in [0.4, 0.5) is 0 Å². The number of aryl methyl sites for hydroxylation is 1. The van der Waals surface area contributed by atoms with Gasteiger partial charge >= 0.3 is 0 Å². The van der Waals surface area contributed by atoms with E-state index >= 15 is 0 Å². The zero-order valence-corrected chi connectivity index (χ0v) is 15.1. The number of rotatable bonds is 5. The van der Waals surface area contributed by atoms with Crippen LogP contribution in [0, 0.1) is 12.8 Å². The summed E-state index contributed by atoms with van der Waals surface area (Å²) < 4.78 is 5.53. The number of aliphatic imine (C=N–C) groups is 1. The van der Waals surface area contributed by atoms with Gasteiger partial charge < -0.3 is 15.4 Å². The van der Waals surface area contributed by atoms with Gasteiger partial charge in [0.05, 0.1) is 19.3 Å². The summed E-state index contributed by atoms with van der Waals surface area (Å²) in [5.41, 5.74) is 2.67. The average Bonchev–Trinajstić information content (AvgIpc) is 3.30. The fourth-order valence-electron chi connectivity index (χ4n) is 3.31. The van der Waals surface area contributed by atoms with Crippen molar-refractivity contribution in [1.29, 1.82) is 0 Å². The quantitative estimate of drug-likeness (QED) is 0.640. The lowest BCUT2D eigenvalue weighted by Gasteiger charge is -2.35. The van der Waals surface area contributed by atoms with Crippen molar-refractivity contribution in [3.05, 3.63) is 35.4 Å². The van der Waals surface area contributed by atoms with Crippen LogP contribution in [0.5, 0.6) is 0 Å². The second kappa shape index (κ2) is 7.99. The topological polar surface area (TPSA) is 48.9 Å². The molecule has 3 unspecified atom stereocenters. The van der Waals surface area contributed by atoms with Crippen molar-refractivity contribution in [2.75, 3.05) is 39.9 Å². The van der Waals surface area contributed by atoms with Gasteiger partial charge in [0, 0.05) is 32.7 Å². The lowest BCUT2D eigenvalue weighted by molar-refractivity contribution is 0.0170. The molecule has 1 aliphatic heterocycles. The van der Waals surface area contributed by atoms with Gasteiger partial charge in [-0.25, -0.2) is 0 Å². The van der Waals surface area contributed by atoms with Crippen LogP contribution in [-0.2, 0) is 4.74 Å². The van der Waals surface area contributed by atoms with Crippen molar-refractivity contribution < 1.29 is 4.74 Å². The zero-order valence-electron chi connectivity index (χ0n) is 15.1. The van der Waals surface area contributed by atoms with Gasteiger partial charge in [-0.05, 0) is 24.8 Å². The Morgan fingerprint density at radius 1 is 1.38 bits per heavy atom. The molecular weight excluding hydrogens is 300 g/mol. The van der Waals surface area contributed by atoms with Gasteiger partial charge in [0.25, 0.3) is 0 Å². The SMILES string of the molecule is CN=C(NCC(c1cccc(C)c1)N1CCOCC1)NC1CC1C. The standard InChI is InChI=1S/C19H30N4O/c1-14-5-4-6-16(11-14)18(23-7-9-24-10-8-23)13-21-19(20-3)22-17-12-15(17)2/h4-6,11,15,17-18H,7-10,12-13H2,1-3H3,(H2,20,21,22). The smallest absolute Gasteiger partial charge is 0.191 e. The van der Waals surface area contributed by atoms with Crippen molar-refractivity contribution in [1.82, 2.24) is 15.5 Å². The third-order valence-electron chi connectivity index (χ3n) is 5.03. The van der Waals surface area contributed by atoms with E-state index in [1.54, 1.807) is 0 Å². The van der Waals surface area contributed by atoms with E-state index in [1.165, 1.54) is 17.5 Å². The summed E-state index contributed by atoms with van der Waals surface area (Å²) >= 11 is 0. The summed E-state index contributed by atoms with van der Waals surface area (Å²) in [5.74, 6) is 1.67. The number of guanidine groups is 1. The van der Waals surface area contributed by atoms with Crippen LogP contribution in [0.2, 0.25) is 0 Å². The molecule has 1 heterocycles. The summed E-state index contributed by atoms with van der Waals surface area (Å²) in [7, 11) is 1.85. The van der Waals surface area contributed by atoms with Crippen molar-refractivity contribution in [3.63, 3.8) is 0 Å². The van der Waals surface area contributed by atoms with Crippen molar-refractivity contribution in [2.45, 2.75) is 32.4 Å². The minimum Gasteiger partial charge on any atom is -0.379 e. The zero-order chi connectivity index (χ0) is 16.9. The van der Waals surface area contributed by atoms with E-state index in [2.05, 4.69) is 58.6 Å². The molecule has 0 amide bonds. The summed E-state index contributed by atoms with van der Waals surface area (Å²) in [4.78, 5) is 6.89. The number of morpholine rings is 1. The molecule has 132 valence electrons. The molecule has 1 aliphatic carbocycles. The van der Waals surface area contributed by atoms with E-state index in [0.29, 0.717) is 12.1 Å². The Kier molecular flexibility index (Phi) is 5.74. The molecule has 2 aliphatic rings. The molecule has 0 radical (unpaired) electrons.